The number of fused-ring (bicyclic) bond motifs is 7. The minimum absolute atomic E-state index is 1.04. The Balaban J connectivity index is 1.01. The van der Waals surface area contributed by atoms with Crippen LogP contribution >= 0.6 is 34.0 Å². The molecular formula is C49H29NS3. The molecule has 0 aliphatic heterocycles. The maximum Gasteiger partial charge on any atom is 0.124 e. The Morgan fingerprint density at radius 3 is 1.26 bits per heavy atom. The summed E-state index contributed by atoms with van der Waals surface area (Å²) in [5, 5.41) is 6.35. The first-order valence-electron chi connectivity index (χ1n) is 17.8. The summed E-state index contributed by atoms with van der Waals surface area (Å²) in [7, 11) is 0. The van der Waals surface area contributed by atoms with E-state index >= 15 is 0 Å². The standard InChI is InChI=1S/C49H29NS3/c1-4-16-44-39(9-1)41-13-7-11-37(47(41)51-44)32-23-19-30(20-24-32)34-27-35(29-36(28-34)49-50-43-15-3-6-18-46(43)53-49)31-21-25-33(26-22-31)38-12-8-14-42-40-10-2-5-17-45(40)52-48(38)42/h1-29H. The van der Waals surface area contributed by atoms with Crippen molar-refractivity contribution in [2.24, 2.45) is 0 Å². The molecule has 53 heavy (non-hydrogen) atoms. The molecule has 0 N–H and O–H groups in total. The molecule has 4 heteroatoms. The highest BCUT2D eigenvalue weighted by Gasteiger charge is 2.15. The van der Waals surface area contributed by atoms with Crippen LogP contribution in [0.1, 0.15) is 0 Å². The number of hydrogen-bond donors (Lipinski definition) is 0. The highest BCUT2D eigenvalue weighted by atomic mass is 32.1. The summed E-state index contributed by atoms with van der Waals surface area (Å²) in [5.41, 5.74) is 12.0. The van der Waals surface area contributed by atoms with Gasteiger partial charge in [0.05, 0.1) is 10.2 Å². The molecule has 3 aromatic heterocycles. The van der Waals surface area contributed by atoms with E-state index in [-0.39, 0.29) is 0 Å². The van der Waals surface area contributed by atoms with Crippen LogP contribution < -0.4 is 0 Å². The van der Waals surface area contributed by atoms with Crippen LogP contribution in [0.15, 0.2) is 176 Å². The summed E-state index contributed by atoms with van der Waals surface area (Å²) in [5.74, 6) is 0. The van der Waals surface area contributed by atoms with Crippen LogP contribution in [0.4, 0.5) is 0 Å². The third-order valence-corrected chi connectivity index (χ3v) is 13.9. The van der Waals surface area contributed by atoms with E-state index in [9.17, 15) is 0 Å². The van der Waals surface area contributed by atoms with Crippen LogP contribution in [0.25, 0.3) is 106 Å². The van der Waals surface area contributed by atoms with Gasteiger partial charge in [0, 0.05) is 45.9 Å². The second-order valence-corrected chi connectivity index (χ2v) is 16.6. The number of para-hydroxylation sites is 1. The van der Waals surface area contributed by atoms with Gasteiger partial charge in [0.2, 0.25) is 0 Å². The molecule has 3 heterocycles. The first kappa shape index (κ1) is 30.7. The van der Waals surface area contributed by atoms with Crippen LogP contribution in [-0.4, -0.2) is 4.98 Å². The summed E-state index contributed by atoms with van der Waals surface area (Å²) < 4.78 is 6.54. The van der Waals surface area contributed by atoms with Gasteiger partial charge in [-0.2, -0.15) is 0 Å². The second-order valence-electron chi connectivity index (χ2n) is 13.5. The molecule has 1 nitrogen and oxygen atoms in total. The summed E-state index contributed by atoms with van der Waals surface area (Å²) in [6.07, 6.45) is 0. The SMILES string of the molecule is c1ccc2sc(-c3cc(-c4ccc(-c5cccc6c5sc5ccccc56)cc4)cc(-c4ccc(-c5cccc6c5sc5ccccc56)cc4)c3)nc2c1. The van der Waals surface area contributed by atoms with Crippen molar-refractivity contribution in [3.63, 3.8) is 0 Å². The van der Waals surface area contributed by atoms with Gasteiger partial charge in [-0.05, 0) is 87.0 Å². The van der Waals surface area contributed by atoms with E-state index < -0.39 is 0 Å². The molecule has 0 atom stereocenters. The maximum atomic E-state index is 5.07. The smallest absolute Gasteiger partial charge is 0.124 e. The van der Waals surface area contributed by atoms with Crippen molar-refractivity contribution in [3.8, 4) is 55.1 Å². The molecule has 0 saturated heterocycles. The Morgan fingerprint density at radius 2 is 0.736 bits per heavy atom. The van der Waals surface area contributed by atoms with Crippen molar-refractivity contribution >= 4 is 84.6 Å². The fourth-order valence-electron chi connectivity index (χ4n) is 7.71. The summed E-state index contributed by atoms with van der Waals surface area (Å²) >= 11 is 5.51. The molecule has 11 aromatic rings. The van der Waals surface area contributed by atoms with Gasteiger partial charge in [0.15, 0.2) is 0 Å². The Labute approximate surface area is 318 Å². The topological polar surface area (TPSA) is 12.9 Å². The summed E-state index contributed by atoms with van der Waals surface area (Å²) in [6.45, 7) is 0. The average Bonchev–Trinajstić information content (AvgIpc) is 3.94. The minimum Gasteiger partial charge on any atom is -0.236 e. The van der Waals surface area contributed by atoms with Gasteiger partial charge in [-0.15, -0.1) is 34.0 Å². The van der Waals surface area contributed by atoms with Crippen LogP contribution in [0.2, 0.25) is 0 Å². The lowest BCUT2D eigenvalue weighted by Gasteiger charge is -2.12. The zero-order valence-electron chi connectivity index (χ0n) is 28.4. The number of aromatic nitrogens is 1. The van der Waals surface area contributed by atoms with Crippen LogP contribution in [0.3, 0.4) is 0 Å². The van der Waals surface area contributed by atoms with Gasteiger partial charge in [-0.1, -0.05) is 133 Å². The predicted octanol–water partition coefficient (Wildman–Crippen LogP) is 15.4. The molecule has 0 fully saturated rings. The third-order valence-electron chi connectivity index (χ3n) is 10.3. The van der Waals surface area contributed by atoms with Crippen molar-refractivity contribution in [1.82, 2.24) is 4.98 Å². The number of benzene rings is 8. The minimum atomic E-state index is 1.04. The maximum absolute atomic E-state index is 5.07. The van der Waals surface area contributed by atoms with E-state index in [0.29, 0.717) is 0 Å². The van der Waals surface area contributed by atoms with E-state index in [2.05, 4.69) is 176 Å². The van der Waals surface area contributed by atoms with E-state index in [1.165, 1.54) is 89.6 Å². The predicted molar refractivity (Wildman–Crippen MR) is 233 cm³/mol. The van der Waals surface area contributed by atoms with Crippen molar-refractivity contribution in [2.45, 2.75) is 0 Å². The molecule has 11 rings (SSSR count). The van der Waals surface area contributed by atoms with Gasteiger partial charge < -0.3 is 0 Å². The first-order chi connectivity index (χ1) is 26.2. The summed E-state index contributed by atoms with van der Waals surface area (Å²) in [4.78, 5) is 5.07. The van der Waals surface area contributed by atoms with Crippen LogP contribution in [0.5, 0.6) is 0 Å². The fourth-order valence-corrected chi connectivity index (χ4v) is 11.1. The molecule has 8 aromatic carbocycles. The van der Waals surface area contributed by atoms with Crippen molar-refractivity contribution in [3.05, 3.63) is 176 Å². The average molecular weight is 728 g/mol. The Hall–Kier alpha value is -5.91. The van der Waals surface area contributed by atoms with E-state index in [0.717, 1.165) is 16.1 Å². The highest BCUT2D eigenvalue weighted by Crippen LogP contribution is 2.43. The molecule has 0 radical (unpaired) electrons. The molecule has 0 aliphatic carbocycles. The zero-order chi connectivity index (χ0) is 34.9. The quantitative estimate of drug-likeness (QED) is 0.172. The third kappa shape index (κ3) is 5.21. The normalized spacial score (nSPS) is 11.8. The second kappa shape index (κ2) is 12.4. The van der Waals surface area contributed by atoms with Gasteiger partial charge in [-0.25, -0.2) is 4.98 Å². The van der Waals surface area contributed by atoms with Crippen LogP contribution in [0, 0.1) is 0 Å². The molecule has 0 saturated carbocycles. The highest BCUT2D eigenvalue weighted by molar-refractivity contribution is 7.26. The van der Waals surface area contributed by atoms with E-state index in [1.807, 2.05) is 22.7 Å². The number of hydrogen-bond acceptors (Lipinski definition) is 4. The molecule has 248 valence electrons. The Kier molecular flexibility index (Phi) is 7.15. The number of thiazole rings is 1. The van der Waals surface area contributed by atoms with Gasteiger partial charge >= 0.3 is 0 Å². The number of rotatable bonds is 5. The van der Waals surface area contributed by atoms with E-state index in [1.54, 1.807) is 11.3 Å². The number of thiophene rings is 2. The van der Waals surface area contributed by atoms with Crippen LogP contribution in [-0.2, 0) is 0 Å². The first-order valence-corrected chi connectivity index (χ1v) is 20.2. The monoisotopic (exact) mass is 727 g/mol. The molecular weight excluding hydrogens is 699 g/mol. The zero-order valence-corrected chi connectivity index (χ0v) is 30.9. The van der Waals surface area contributed by atoms with Gasteiger partial charge in [0.1, 0.15) is 5.01 Å². The van der Waals surface area contributed by atoms with Crippen molar-refractivity contribution < 1.29 is 0 Å². The lowest BCUT2D eigenvalue weighted by molar-refractivity contribution is 1.47. The number of nitrogens with zero attached hydrogens (tertiary/aromatic N) is 1. The molecule has 0 unspecified atom stereocenters. The Morgan fingerprint density at radius 1 is 0.302 bits per heavy atom. The molecule has 0 aliphatic rings. The summed E-state index contributed by atoms with van der Waals surface area (Å²) in [6, 6.07) is 64.4. The lowest BCUT2D eigenvalue weighted by Crippen LogP contribution is -1.87. The fraction of sp³-hybridized carbons (Fsp3) is 0. The van der Waals surface area contributed by atoms with Crippen molar-refractivity contribution in [2.75, 3.05) is 0 Å². The molecule has 0 spiro atoms. The lowest BCUT2D eigenvalue weighted by atomic mass is 9.93. The molecule has 0 amide bonds. The van der Waals surface area contributed by atoms with Crippen molar-refractivity contribution in [1.29, 1.82) is 0 Å². The Bertz CT molecular complexity index is 2950. The van der Waals surface area contributed by atoms with Gasteiger partial charge in [-0.3, -0.25) is 0 Å². The molecule has 0 bridgehead atoms. The largest absolute Gasteiger partial charge is 0.236 e. The van der Waals surface area contributed by atoms with Gasteiger partial charge in [0.25, 0.3) is 0 Å². The van der Waals surface area contributed by atoms with E-state index in [4.69, 9.17) is 4.98 Å².